The van der Waals surface area contributed by atoms with Crippen LogP contribution in [0.3, 0.4) is 0 Å². The van der Waals surface area contributed by atoms with Gasteiger partial charge in [0.05, 0.1) is 6.54 Å². The van der Waals surface area contributed by atoms with Gasteiger partial charge in [-0.1, -0.05) is 31.2 Å². The average molecular weight is 402 g/mol. The number of benzene rings is 1. The molecule has 2 aliphatic rings. The van der Waals surface area contributed by atoms with Gasteiger partial charge in [0.15, 0.2) is 0 Å². The molecule has 1 heterocycles. The number of nitrogens with zero attached hydrogens (tertiary/aromatic N) is 1. The van der Waals surface area contributed by atoms with Gasteiger partial charge in [0.2, 0.25) is 5.91 Å². The highest BCUT2D eigenvalue weighted by Gasteiger charge is 2.20. The average Bonchev–Trinajstić information content (AvgIpc) is 3.39. The molecule has 2 N–H and O–H groups in total. The van der Waals surface area contributed by atoms with Crippen LogP contribution in [0.15, 0.2) is 24.3 Å². The van der Waals surface area contributed by atoms with Crippen molar-refractivity contribution in [3.63, 3.8) is 0 Å². The van der Waals surface area contributed by atoms with Crippen molar-refractivity contribution in [2.45, 2.75) is 45.7 Å². The molecule has 0 bridgehead atoms. The molecule has 0 spiro atoms. The Morgan fingerprint density at radius 3 is 2.46 bits per heavy atom. The lowest BCUT2D eigenvalue weighted by Gasteiger charge is -2.30. The zero-order valence-corrected chi connectivity index (χ0v) is 17.3. The standard InChI is InChI=1S/C20H31N3O.2ClH/c1-16-3-2-10-23(14-16)15-19-8-6-18(7-9-19)12-22-20(24)13-21-11-17-4-5-17;;/h6-9,16-17,21H,2-5,10-15H2,1H3,(H,22,24);2*1H. The third-order valence-corrected chi connectivity index (χ3v) is 5.08. The van der Waals surface area contributed by atoms with Gasteiger partial charge < -0.3 is 10.6 Å². The molecule has 2 fully saturated rings. The van der Waals surface area contributed by atoms with Gasteiger partial charge in [-0.05, 0) is 61.7 Å². The van der Waals surface area contributed by atoms with Crippen LogP contribution in [-0.4, -0.2) is 37.0 Å². The summed E-state index contributed by atoms with van der Waals surface area (Å²) in [7, 11) is 0. The summed E-state index contributed by atoms with van der Waals surface area (Å²) in [5, 5.41) is 6.21. The molecule has 3 rings (SSSR count). The van der Waals surface area contributed by atoms with Crippen LogP contribution in [0.1, 0.15) is 43.7 Å². The van der Waals surface area contributed by atoms with Crippen molar-refractivity contribution in [3.8, 4) is 0 Å². The Morgan fingerprint density at radius 1 is 1.12 bits per heavy atom. The van der Waals surface area contributed by atoms with Crippen molar-refractivity contribution in [1.82, 2.24) is 15.5 Å². The van der Waals surface area contributed by atoms with Crippen molar-refractivity contribution < 1.29 is 4.79 Å². The number of hydrogen-bond acceptors (Lipinski definition) is 3. The first-order valence-electron chi connectivity index (χ1n) is 9.46. The molecule has 0 aromatic heterocycles. The fraction of sp³-hybridized carbons (Fsp3) is 0.650. The van der Waals surface area contributed by atoms with Gasteiger partial charge in [-0.15, -0.1) is 24.8 Å². The molecular formula is C20H33Cl2N3O. The number of rotatable bonds is 8. The van der Waals surface area contributed by atoms with E-state index < -0.39 is 0 Å². The van der Waals surface area contributed by atoms with E-state index in [2.05, 4.69) is 46.7 Å². The van der Waals surface area contributed by atoms with Gasteiger partial charge in [0.25, 0.3) is 0 Å². The molecule has 148 valence electrons. The number of piperidine rings is 1. The maximum Gasteiger partial charge on any atom is 0.234 e. The third kappa shape index (κ3) is 8.26. The van der Waals surface area contributed by atoms with E-state index in [4.69, 9.17) is 0 Å². The number of carbonyl (C=O) groups excluding carboxylic acids is 1. The van der Waals surface area contributed by atoms with E-state index in [0.29, 0.717) is 13.1 Å². The lowest BCUT2D eigenvalue weighted by atomic mass is 9.99. The zero-order valence-electron chi connectivity index (χ0n) is 15.7. The van der Waals surface area contributed by atoms with Crippen LogP contribution in [0.5, 0.6) is 0 Å². The number of nitrogens with one attached hydrogen (secondary N) is 2. The molecule has 1 saturated carbocycles. The summed E-state index contributed by atoms with van der Waals surface area (Å²) in [5.74, 6) is 1.72. The van der Waals surface area contributed by atoms with Crippen molar-refractivity contribution in [2.75, 3.05) is 26.2 Å². The maximum absolute atomic E-state index is 11.8. The maximum atomic E-state index is 11.8. The molecule has 1 amide bonds. The van der Waals surface area contributed by atoms with E-state index in [9.17, 15) is 4.79 Å². The summed E-state index contributed by atoms with van der Waals surface area (Å²) in [6.07, 6.45) is 5.32. The van der Waals surface area contributed by atoms with Gasteiger partial charge in [-0.2, -0.15) is 0 Å². The quantitative estimate of drug-likeness (QED) is 0.701. The van der Waals surface area contributed by atoms with Crippen LogP contribution in [0, 0.1) is 11.8 Å². The number of hydrogen-bond donors (Lipinski definition) is 2. The van der Waals surface area contributed by atoms with Crippen LogP contribution in [0.25, 0.3) is 0 Å². The lowest BCUT2D eigenvalue weighted by Crippen LogP contribution is -2.34. The van der Waals surface area contributed by atoms with E-state index in [1.165, 1.54) is 49.9 Å². The molecule has 6 heteroatoms. The van der Waals surface area contributed by atoms with Crippen molar-refractivity contribution >= 4 is 30.7 Å². The molecular weight excluding hydrogens is 369 g/mol. The summed E-state index contributed by atoms with van der Waals surface area (Å²) in [4.78, 5) is 14.4. The number of amides is 1. The summed E-state index contributed by atoms with van der Waals surface area (Å²) in [6.45, 7) is 7.85. The van der Waals surface area contributed by atoms with Gasteiger partial charge in [-0.25, -0.2) is 0 Å². The molecule has 1 saturated heterocycles. The molecule has 4 nitrogen and oxygen atoms in total. The Hall–Kier alpha value is -0.810. The molecule has 1 aromatic rings. The number of likely N-dealkylation sites (tertiary alicyclic amines) is 1. The SMILES string of the molecule is CC1CCCN(Cc2ccc(CNC(=O)CNCC3CC3)cc2)C1.Cl.Cl. The van der Waals surface area contributed by atoms with E-state index in [1.807, 2.05) is 0 Å². The Kier molecular flexibility index (Phi) is 10.6. The van der Waals surface area contributed by atoms with E-state index in [-0.39, 0.29) is 30.7 Å². The first-order chi connectivity index (χ1) is 11.7. The molecule has 1 aromatic carbocycles. The van der Waals surface area contributed by atoms with Gasteiger partial charge >= 0.3 is 0 Å². The Bertz CT molecular complexity index is 534. The third-order valence-electron chi connectivity index (χ3n) is 5.08. The van der Waals surface area contributed by atoms with Crippen LogP contribution < -0.4 is 10.6 Å². The molecule has 1 atom stereocenters. The second-order valence-electron chi connectivity index (χ2n) is 7.65. The molecule has 26 heavy (non-hydrogen) atoms. The Labute approximate surface area is 170 Å². The fourth-order valence-corrected chi connectivity index (χ4v) is 3.43. The highest BCUT2D eigenvalue weighted by Crippen LogP contribution is 2.27. The molecule has 0 radical (unpaired) electrons. The minimum atomic E-state index is 0. The van der Waals surface area contributed by atoms with Gasteiger partial charge in [-0.3, -0.25) is 9.69 Å². The monoisotopic (exact) mass is 401 g/mol. The summed E-state index contributed by atoms with van der Waals surface area (Å²) < 4.78 is 0. The lowest BCUT2D eigenvalue weighted by molar-refractivity contribution is -0.120. The summed E-state index contributed by atoms with van der Waals surface area (Å²) in [5.41, 5.74) is 2.53. The fourth-order valence-electron chi connectivity index (χ4n) is 3.43. The van der Waals surface area contributed by atoms with Crippen LogP contribution >= 0.6 is 24.8 Å². The van der Waals surface area contributed by atoms with Crippen molar-refractivity contribution in [1.29, 1.82) is 0 Å². The van der Waals surface area contributed by atoms with Gasteiger partial charge in [0, 0.05) is 19.6 Å². The zero-order chi connectivity index (χ0) is 16.8. The molecule has 1 aliphatic heterocycles. The van der Waals surface area contributed by atoms with Crippen LogP contribution in [0.4, 0.5) is 0 Å². The van der Waals surface area contributed by atoms with E-state index in [1.54, 1.807) is 0 Å². The minimum absolute atomic E-state index is 0. The largest absolute Gasteiger partial charge is 0.351 e. The predicted octanol–water partition coefficient (Wildman–Crippen LogP) is 3.38. The van der Waals surface area contributed by atoms with Gasteiger partial charge in [0.1, 0.15) is 0 Å². The molecule has 1 unspecified atom stereocenters. The highest BCUT2D eigenvalue weighted by molar-refractivity contribution is 5.85. The van der Waals surface area contributed by atoms with Crippen LogP contribution in [-0.2, 0) is 17.9 Å². The molecule has 1 aliphatic carbocycles. The Morgan fingerprint density at radius 2 is 1.81 bits per heavy atom. The van der Waals surface area contributed by atoms with Crippen molar-refractivity contribution in [2.24, 2.45) is 11.8 Å². The Balaban J connectivity index is 0.00000169. The first-order valence-corrected chi connectivity index (χ1v) is 9.46. The predicted molar refractivity (Wildman–Crippen MR) is 112 cm³/mol. The summed E-state index contributed by atoms with van der Waals surface area (Å²) in [6, 6.07) is 8.68. The minimum Gasteiger partial charge on any atom is -0.351 e. The van der Waals surface area contributed by atoms with E-state index >= 15 is 0 Å². The number of carbonyl (C=O) groups is 1. The normalized spacial score (nSPS) is 20.0. The smallest absolute Gasteiger partial charge is 0.234 e. The highest BCUT2D eigenvalue weighted by atomic mass is 35.5. The first kappa shape index (κ1) is 23.2. The second-order valence-corrected chi connectivity index (χ2v) is 7.65. The van der Waals surface area contributed by atoms with Crippen LogP contribution in [0.2, 0.25) is 0 Å². The topological polar surface area (TPSA) is 44.4 Å². The summed E-state index contributed by atoms with van der Waals surface area (Å²) >= 11 is 0. The van der Waals surface area contributed by atoms with E-state index in [0.717, 1.165) is 24.9 Å². The second kappa shape index (κ2) is 11.8. The van der Waals surface area contributed by atoms with Crippen molar-refractivity contribution in [3.05, 3.63) is 35.4 Å². The number of halogens is 2.